The van der Waals surface area contributed by atoms with Crippen molar-refractivity contribution in [2.24, 2.45) is 11.8 Å². The Balaban J connectivity index is 3.31. The van der Waals surface area contributed by atoms with Gasteiger partial charge in [0.25, 0.3) is 5.60 Å². The Bertz CT molecular complexity index is 328. The summed E-state index contributed by atoms with van der Waals surface area (Å²) in [6, 6.07) is 0. The highest BCUT2D eigenvalue weighted by Crippen LogP contribution is 2.52. The largest absolute Gasteiger partial charge is 0.481 e. The van der Waals surface area contributed by atoms with Crippen molar-refractivity contribution >= 4 is 5.97 Å². The van der Waals surface area contributed by atoms with E-state index >= 15 is 0 Å². The van der Waals surface area contributed by atoms with E-state index in [1.165, 1.54) is 0 Å². The molecule has 9 heteroatoms. The third-order valence-electron chi connectivity index (χ3n) is 3.45. The lowest BCUT2D eigenvalue weighted by Crippen LogP contribution is -2.65. The average Bonchev–Trinajstić information content (AvgIpc) is 2.66. The summed E-state index contributed by atoms with van der Waals surface area (Å²) < 4.78 is 75.8. The van der Waals surface area contributed by atoms with Crippen LogP contribution in [0.1, 0.15) is 25.7 Å². The molecule has 2 N–H and O–H groups in total. The Morgan fingerprint density at radius 3 is 1.63 bits per heavy atom. The molecule has 1 fully saturated rings. The van der Waals surface area contributed by atoms with Crippen molar-refractivity contribution in [3.63, 3.8) is 0 Å². The van der Waals surface area contributed by atoms with Crippen LogP contribution in [0.25, 0.3) is 0 Å². The molecule has 0 heterocycles. The fourth-order valence-electron chi connectivity index (χ4n) is 2.53. The summed E-state index contributed by atoms with van der Waals surface area (Å²) in [6.07, 6.45) is -11.7. The lowest BCUT2D eigenvalue weighted by atomic mass is 9.76. The first kappa shape index (κ1) is 16.1. The summed E-state index contributed by atoms with van der Waals surface area (Å²) in [5, 5.41) is 17.9. The van der Waals surface area contributed by atoms with Crippen LogP contribution >= 0.6 is 0 Å². The molecule has 1 atom stereocenters. The van der Waals surface area contributed by atoms with Gasteiger partial charge in [0, 0.05) is 0 Å². The molecule has 0 saturated heterocycles. The van der Waals surface area contributed by atoms with E-state index in [2.05, 4.69) is 0 Å². The second-order valence-electron chi connectivity index (χ2n) is 4.62. The van der Waals surface area contributed by atoms with Crippen LogP contribution in [0.5, 0.6) is 0 Å². The first-order chi connectivity index (χ1) is 8.43. The van der Waals surface area contributed by atoms with E-state index in [1.54, 1.807) is 0 Å². The zero-order valence-electron chi connectivity index (χ0n) is 9.55. The van der Waals surface area contributed by atoms with Gasteiger partial charge in [-0.3, -0.25) is 4.79 Å². The Morgan fingerprint density at radius 1 is 1.00 bits per heavy atom. The number of halogens is 6. The number of hydrogen-bond donors (Lipinski definition) is 2. The van der Waals surface area contributed by atoms with Crippen LogP contribution in [0.15, 0.2) is 0 Å². The number of carboxylic acid groups (broad SMARTS) is 1. The highest BCUT2D eigenvalue weighted by atomic mass is 19.4. The van der Waals surface area contributed by atoms with Gasteiger partial charge in [0.1, 0.15) is 5.92 Å². The molecule has 0 aromatic rings. The minimum atomic E-state index is -6.10. The van der Waals surface area contributed by atoms with Gasteiger partial charge in [0.15, 0.2) is 0 Å². The fourth-order valence-corrected chi connectivity index (χ4v) is 2.53. The normalized spacial score (nSPS) is 20.6. The molecule has 1 rings (SSSR count). The smallest absolute Gasteiger partial charge is 0.427 e. The minimum absolute atomic E-state index is 0.0779. The van der Waals surface area contributed by atoms with Crippen molar-refractivity contribution in [3.05, 3.63) is 0 Å². The highest BCUT2D eigenvalue weighted by molar-refractivity contribution is 5.72. The molecule has 1 saturated carbocycles. The van der Waals surface area contributed by atoms with Gasteiger partial charge in [-0.2, -0.15) is 26.3 Å². The Hall–Kier alpha value is -0.990. The standard InChI is InChI=1S/C10H12F6O3/c11-9(12,13)8(19,10(14,15)16)6(7(17)18)5-3-1-2-4-5/h5-6,19H,1-4H2,(H,17,18). The summed E-state index contributed by atoms with van der Waals surface area (Å²) in [7, 11) is 0. The number of alkyl halides is 6. The molecule has 0 amide bonds. The van der Waals surface area contributed by atoms with Crippen LogP contribution in [-0.4, -0.2) is 34.1 Å². The van der Waals surface area contributed by atoms with Gasteiger partial charge >= 0.3 is 18.3 Å². The van der Waals surface area contributed by atoms with Crippen LogP contribution < -0.4 is 0 Å². The number of rotatable bonds is 3. The Kier molecular flexibility index (Phi) is 4.09. The van der Waals surface area contributed by atoms with Crippen LogP contribution in [-0.2, 0) is 4.79 Å². The molecule has 19 heavy (non-hydrogen) atoms. The maximum Gasteiger partial charge on any atom is 0.427 e. The second kappa shape index (κ2) is 4.84. The SMILES string of the molecule is O=C(O)C(C1CCCC1)C(O)(C(F)(F)F)C(F)(F)F. The molecule has 0 aromatic heterocycles. The summed E-state index contributed by atoms with van der Waals surface area (Å²) in [5.41, 5.74) is -5.22. The van der Waals surface area contributed by atoms with Crippen LogP contribution in [0.2, 0.25) is 0 Å². The minimum Gasteiger partial charge on any atom is -0.481 e. The van der Waals surface area contributed by atoms with Crippen molar-refractivity contribution in [1.82, 2.24) is 0 Å². The topological polar surface area (TPSA) is 57.5 Å². The zero-order valence-corrected chi connectivity index (χ0v) is 9.55. The summed E-state index contributed by atoms with van der Waals surface area (Å²) >= 11 is 0. The number of aliphatic hydroxyl groups is 1. The van der Waals surface area contributed by atoms with E-state index in [1.807, 2.05) is 0 Å². The van der Waals surface area contributed by atoms with Crippen molar-refractivity contribution < 1.29 is 41.4 Å². The molecule has 0 radical (unpaired) electrons. The van der Waals surface area contributed by atoms with Gasteiger partial charge in [-0.15, -0.1) is 0 Å². The van der Waals surface area contributed by atoms with E-state index in [-0.39, 0.29) is 12.8 Å². The fraction of sp³-hybridized carbons (Fsp3) is 0.900. The maximum atomic E-state index is 12.6. The van der Waals surface area contributed by atoms with Crippen LogP contribution in [0, 0.1) is 11.8 Å². The van der Waals surface area contributed by atoms with E-state index in [0.29, 0.717) is 12.8 Å². The Morgan fingerprint density at radius 2 is 1.37 bits per heavy atom. The van der Waals surface area contributed by atoms with Gasteiger partial charge in [-0.05, 0) is 18.8 Å². The molecule has 0 aliphatic heterocycles. The van der Waals surface area contributed by atoms with Crippen LogP contribution in [0.3, 0.4) is 0 Å². The molecule has 1 aliphatic carbocycles. The quantitative estimate of drug-likeness (QED) is 0.787. The zero-order chi connectivity index (χ0) is 15.1. The Labute approximate surface area is 104 Å². The van der Waals surface area contributed by atoms with E-state index in [0.717, 1.165) is 0 Å². The predicted octanol–water partition coefficient (Wildman–Crippen LogP) is 2.73. The van der Waals surface area contributed by atoms with E-state index in [9.17, 15) is 31.1 Å². The van der Waals surface area contributed by atoms with Gasteiger partial charge in [0.05, 0.1) is 0 Å². The van der Waals surface area contributed by atoms with Crippen molar-refractivity contribution in [2.75, 3.05) is 0 Å². The molecule has 1 aliphatic rings. The third-order valence-corrected chi connectivity index (χ3v) is 3.45. The predicted molar refractivity (Wildman–Crippen MR) is 50.1 cm³/mol. The van der Waals surface area contributed by atoms with E-state index < -0.39 is 35.8 Å². The molecule has 3 nitrogen and oxygen atoms in total. The van der Waals surface area contributed by atoms with Crippen molar-refractivity contribution in [3.8, 4) is 0 Å². The molecule has 112 valence electrons. The van der Waals surface area contributed by atoms with Crippen LogP contribution in [0.4, 0.5) is 26.3 Å². The lowest BCUT2D eigenvalue weighted by molar-refractivity contribution is -0.385. The summed E-state index contributed by atoms with van der Waals surface area (Å²) in [6.45, 7) is 0. The first-order valence-corrected chi connectivity index (χ1v) is 5.51. The van der Waals surface area contributed by atoms with Gasteiger partial charge in [-0.1, -0.05) is 12.8 Å². The number of carbonyl (C=O) groups is 1. The molecular weight excluding hydrogens is 282 g/mol. The molecule has 1 unspecified atom stereocenters. The van der Waals surface area contributed by atoms with Gasteiger partial charge < -0.3 is 10.2 Å². The van der Waals surface area contributed by atoms with Gasteiger partial charge in [-0.25, -0.2) is 0 Å². The molecule has 0 bridgehead atoms. The summed E-state index contributed by atoms with van der Waals surface area (Å²) in [4.78, 5) is 10.9. The van der Waals surface area contributed by atoms with Crippen molar-refractivity contribution in [1.29, 1.82) is 0 Å². The third kappa shape index (κ3) is 2.65. The number of aliphatic carboxylic acids is 1. The molecule has 0 aromatic carbocycles. The van der Waals surface area contributed by atoms with Crippen molar-refractivity contribution in [2.45, 2.75) is 43.6 Å². The molecule has 0 spiro atoms. The first-order valence-electron chi connectivity index (χ1n) is 5.51. The lowest BCUT2D eigenvalue weighted by Gasteiger charge is -2.39. The maximum absolute atomic E-state index is 12.6. The average molecular weight is 294 g/mol. The number of hydrogen-bond acceptors (Lipinski definition) is 2. The van der Waals surface area contributed by atoms with E-state index in [4.69, 9.17) is 10.2 Å². The number of carboxylic acids is 1. The summed E-state index contributed by atoms with van der Waals surface area (Å²) in [5.74, 6) is -6.57. The highest BCUT2D eigenvalue weighted by Gasteiger charge is 2.76. The monoisotopic (exact) mass is 294 g/mol. The van der Waals surface area contributed by atoms with Gasteiger partial charge in [0.2, 0.25) is 0 Å². The molecular formula is C10H12F6O3. The second-order valence-corrected chi connectivity index (χ2v) is 4.62.